The van der Waals surface area contributed by atoms with Crippen LogP contribution < -0.4 is 5.32 Å². The van der Waals surface area contributed by atoms with Crippen LogP contribution in [0.25, 0.3) is 0 Å². The molecule has 0 bridgehead atoms. The van der Waals surface area contributed by atoms with E-state index in [0.29, 0.717) is 19.0 Å². The molecule has 1 heterocycles. The number of hydrogen-bond acceptors (Lipinski definition) is 4. The zero-order chi connectivity index (χ0) is 15.3. The molecule has 120 valence electrons. The fourth-order valence-corrected chi connectivity index (χ4v) is 3.13. The van der Waals surface area contributed by atoms with Crippen LogP contribution >= 0.6 is 0 Å². The van der Waals surface area contributed by atoms with E-state index >= 15 is 0 Å². The lowest BCUT2D eigenvalue weighted by molar-refractivity contribution is -0.00898. The molecule has 1 saturated carbocycles. The van der Waals surface area contributed by atoms with Gasteiger partial charge in [-0.2, -0.15) is 5.10 Å². The Balaban J connectivity index is 1.78. The Hall–Kier alpha value is -0.940. The van der Waals surface area contributed by atoms with E-state index in [2.05, 4.69) is 36.2 Å². The maximum atomic E-state index is 10.6. The summed E-state index contributed by atoms with van der Waals surface area (Å²) in [6.07, 6.45) is 6.98. The van der Waals surface area contributed by atoms with E-state index in [-0.39, 0.29) is 0 Å². The van der Waals surface area contributed by atoms with E-state index < -0.39 is 5.60 Å². The summed E-state index contributed by atoms with van der Waals surface area (Å²) in [4.78, 5) is 4.31. The highest BCUT2D eigenvalue weighted by molar-refractivity contribution is 4.89. The Morgan fingerprint density at radius 1 is 1.43 bits per heavy atom. The Kier molecular flexibility index (Phi) is 5.76. The molecule has 0 amide bonds. The predicted octanol–water partition coefficient (Wildman–Crippen LogP) is 2.36. The van der Waals surface area contributed by atoms with Gasteiger partial charge in [-0.3, -0.25) is 0 Å². The number of aliphatic hydroxyl groups is 1. The van der Waals surface area contributed by atoms with Crippen LogP contribution in [0.4, 0.5) is 0 Å². The summed E-state index contributed by atoms with van der Waals surface area (Å²) < 4.78 is 1.95. The van der Waals surface area contributed by atoms with Crippen LogP contribution in [0.1, 0.15) is 58.7 Å². The van der Waals surface area contributed by atoms with Crippen LogP contribution in [0.5, 0.6) is 0 Å². The fraction of sp³-hybridized carbons (Fsp3) is 0.875. The average molecular weight is 294 g/mol. The maximum absolute atomic E-state index is 10.6. The average Bonchev–Trinajstić information content (AvgIpc) is 2.86. The summed E-state index contributed by atoms with van der Waals surface area (Å²) in [5.41, 5.74) is -0.533. The summed E-state index contributed by atoms with van der Waals surface area (Å²) in [5.74, 6) is 2.31. The quantitative estimate of drug-likeness (QED) is 0.810. The third-order valence-electron chi connectivity index (χ3n) is 4.58. The molecule has 1 aliphatic carbocycles. The van der Waals surface area contributed by atoms with Crippen molar-refractivity contribution in [3.05, 3.63) is 12.2 Å². The minimum atomic E-state index is -0.533. The van der Waals surface area contributed by atoms with Gasteiger partial charge >= 0.3 is 0 Å². The summed E-state index contributed by atoms with van der Waals surface area (Å²) in [7, 11) is 0. The van der Waals surface area contributed by atoms with Crippen molar-refractivity contribution in [1.82, 2.24) is 20.1 Å². The van der Waals surface area contributed by atoms with Gasteiger partial charge in [0.25, 0.3) is 0 Å². The van der Waals surface area contributed by atoms with Crippen molar-refractivity contribution in [3.8, 4) is 0 Å². The molecule has 0 aromatic carbocycles. The second-order valence-electron chi connectivity index (χ2n) is 6.93. The second kappa shape index (κ2) is 7.36. The number of rotatable bonds is 7. The highest BCUT2D eigenvalue weighted by Gasteiger charge is 2.32. The molecule has 0 aliphatic heterocycles. The molecule has 5 nitrogen and oxygen atoms in total. The van der Waals surface area contributed by atoms with Crippen LogP contribution in [0.2, 0.25) is 0 Å². The summed E-state index contributed by atoms with van der Waals surface area (Å²) in [5, 5.41) is 18.3. The topological polar surface area (TPSA) is 63.0 Å². The predicted molar refractivity (Wildman–Crippen MR) is 83.8 cm³/mol. The van der Waals surface area contributed by atoms with Crippen molar-refractivity contribution in [2.75, 3.05) is 6.54 Å². The Morgan fingerprint density at radius 3 is 2.76 bits per heavy atom. The van der Waals surface area contributed by atoms with Crippen LogP contribution in [-0.4, -0.2) is 32.0 Å². The van der Waals surface area contributed by atoms with Crippen LogP contribution in [0.15, 0.2) is 6.33 Å². The Labute approximate surface area is 128 Å². The van der Waals surface area contributed by atoms with Gasteiger partial charge in [0.2, 0.25) is 0 Å². The second-order valence-corrected chi connectivity index (χ2v) is 6.93. The minimum Gasteiger partial charge on any atom is -0.389 e. The van der Waals surface area contributed by atoms with Crippen molar-refractivity contribution in [2.24, 2.45) is 11.8 Å². The molecular formula is C16H30N4O. The van der Waals surface area contributed by atoms with Gasteiger partial charge in [-0.1, -0.05) is 27.2 Å². The molecule has 1 aromatic rings. The Bertz CT molecular complexity index is 422. The number of nitrogens with one attached hydrogen (secondary N) is 1. The molecular weight excluding hydrogens is 264 g/mol. The van der Waals surface area contributed by atoms with Gasteiger partial charge in [0.05, 0.1) is 12.1 Å². The van der Waals surface area contributed by atoms with Gasteiger partial charge in [-0.05, 0) is 37.5 Å². The van der Waals surface area contributed by atoms with Gasteiger partial charge in [-0.25, -0.2) is 9.67 Å². The summed E-state index contributed by atoms with van der Waals surface area (Å²) in [6.45, 7) is 8.81. The minimum absolute atomic E-state index is 0.533. The van der Waals surface area contributed by atoms with E-state index in [9.17, 15) is 5.11 Å². The zero-order valence-electron chi connectivity index (χ0n) is 13.7. The normalized spacial score (nSPS) is 26.4. The Morgan fingerprint density at radius 2 is 2.14 bits per heavy atom. The fourth-order valence-electron chi connectivity index (χ4n) is 3.13. The highest BCUT2D eigenvalue weighted by Crippen LogP contribution is 2.33. The standard InChI is InChI=1S/C16H30N4O/c1-4-14-5-7-16(21,8-6-14)11-17-9-15-18-12-19-20(15)10-13(2)3/h12-14,17,21H,4-11H2,1-3H3. The molecule has 0 radical (unpaired) electrons. The lowest BCUT2D eigenvalue weighted by atomic mass is 9.78. The first-order valence-corrected chi connectivity index (χ1v) is 8.32. The third-order valence-corrected chi connectivity index (χ3v) is 4.58. The molecule has 1 fully saturated rings. The van der Waals surface area contributed by atoms with E-state index in [4.69, 9.17) is 0 Å². The highest BCUT2D eigenvalue weighted by atomic mass is 16.3. The number of hydrogen-bond donors (Lipinski definition) is 2. The molecule has 1 aliphatic rings. The van der Waals surface area contributed by atoms with Crippen molar-refractivity contribution < 1.29 is 5.11 Å². The summed E-state index contributed by atoms with van der Waals surface area (Å²) in [6, 6.07) is 0. The lowest BCUT2D eigenvalue weighted by Gasteiger charge is -2.36. The lowest BCUT2D eigenvalue weighted by Crippen LogP contribution is -2.43. The molecule has 21 heavy (non-hydrogen) atoms. The van der Waals surface area contributed by atoms with E-state index in [1.165, 1.54) is 6.42 Å². The summed E-state index contributed by atoms with van der Waals surface area (Å²) >= 11 is 0. The first-order valence-electron chi connectivity index (χ1n) is 8.32. The van der Waals surface area contributed by atoms with Crippen molar-refractivity contribution in [2.45, 2.75) is 71.6 Å². The van der Waals surface area contributed by atoms with Crippen molar-refractivity contribution >= 4 is 0 Å². The van der Waals surface area contributed by atoms with E-state index in [1.54, 1.807) is 6.33 Å². The van der Waals surface area contributed by atoms with Gasteiger partial charge in [0.15, 0.2) is 0 Å². The van der Waals surface area contributed by atoms with Crippen molar-refractivity contribution in [3.63, 3.8) is 0 Å². The molecule has 1 aromatic heterocycles. The van der Waals surface area contributed by atoms with E-state index in [0.717, 1.165) is 44.0 Å². The van der Waals surface area contributed by atoms with Gasteiger partial charge in [0.1, 0.15) is 12.2 Å². The van der Waals surface area contributed by atoms with Gasteiger partial charge in [-0.15, -0.1) is 0 Å². The van der Waals surface area contributed by atoms with Gasteiger partial charge in [0, 0.05) is 13.1 Å². The van der Waals surface area contributed by atoms with Crippen LogP contribution in [-0.2, 0) is 13.1 Å². The SMILES string of the molecule is CCC1CCC(O)(CNCc2ncnn2CC(C)C)CC1. The van der Waals surface area contributed by atoms with Crippen LogP contribution in [0, 0.1) is 11.8 Å². The van der Waals surface area contributed by atoms with Crippen molar-refractivity contribution in [1.29, 1.82) is 0 Å². The molecule has 0 unspecified atom stereocenters. The zero-order valence-corrected chi connectivity index (χ0v) is 13.7. The first-order chi connectivity index (χ1) is 10.0. The molecule has 0 saturated heterocycles. The number of aromatic nitrogens is 3. The molecule has 0 spiro atoms. The number of nitrogens with zero attached hydrogens (tertiary/aromatic N) is 3. The van der Waals surface area contributed by atoms with Gasteiger partial charge < -0.3 is 10.4 Å². The molecule has 5 heteroatoms. The smallest absolute Gasteiger partial charge is 0.140 e. The maximum Gasteiger partial charge on any atom is 0.140 e. The van der Waals surface area contributed by atoms with E-state index in [1.807, 2.05) is 4.68 Å². The molecule has 2 N–H and O–H groups in total. The molecule has 0 atom stereocenters. The third kappa shape index (κ3) is 4.78. The van der Waals surface area contributed by atoms with Crippen LogP contribution in [0.3, 0.4) is 0 Å². The first kappa shape index (κ1) is 16.4. The molecule has 2 rings (SSSR count). The largest absolute Gasteiger partial charge is 0.389 e. The monoisotopic (exact) mass is 294 g/mol.